The first-order chi connectivity index (χ1) is 27.9. The number of nitrogens with zero attached hydrogens (tertiary/aromatic N) is 2. The number of carbonyl (C=O) groups is 3. The number of piperidine rings is 2. The molecule has 4 aromatic carbocycles. The van der Waals surface area contributed by atoms with E-state index in [4.69, 9.17) is 11.5 Å². The Morgan fingerprint density at radius 1 is 0.586 bits per heavy atom. The molecule has 0 aliphatic carbocycles. The highest BCUT2D eigenvalue weighted by molar-refractivity contribution is 6.01. The van der Waals surface area contributed by atoms with Gasteiger partial charge >= 0.3 is 0 Å². The van der Waals surface area contributed by atoms with Gasteiger partial charge in [0.2, 0.25) is 0 Å². The number of phenols is 2. The van der Waals surface area contributed by atoms with Crippen molar-refractivity contribution in [2.24, 2.45) is 35.1 Å². The number of phenolic OH excluding ortho intramolecular Hbond substituents is 2. The van der Waals surface area contributed by atoms with Gasteiger partial charge in [-0.1, -0.05) is 48.5 Å². The van der Waals surface area contributed by atoms with E-state index in [0.29, 0.717) is 61.5 Å². The zero-order chi connectivity index (χ0) is 41.5. The van der Waals surface area contributed by atoms with Gasteiger partial charge in [-0.05, 0) is 124 Å². The van der Waals surface area contributed by atoms with Crippen LogP contribution in [-0.2, 0) is 4.79 Å². The van der Waals surface area contributed by atoms with Gasteiger partial charge in [0, 0.05) is 72.8 Å². The minimum atomic E-state index is -0.833. The molecule has 11 heteroatoms. The Hall–Kier alpha value is -4.81. The molecule has 0 aromatic heterocycles. The summed E-state index contributed by atoms with van der Waals surface area (Å²) >= 11 is 0. The Kier molecular flexibility index (Phi) is 14.2. The van der Waals surface area contributed by atoms with Crippen LogP contribution >= 0.6 is 0 Å². The van der Waals surface area contributed by atoms with Crippen molar-refractivity contribution in [3.8, 4) is 11.5 Å². The minimum Gasteiger partial charge on any atom is -0.508 e. The molecule has 308 valence electrons. The van der Waals surface area contributed by atoms with Crippen molar-refractivity contribution in [3.63, 3.8) is 0 Å². The lowest BCUT2D eigenvalue weighted by molar-refractivity contribution is -0.133. The largest absolute Gasteiger partial charge is 0.508 e. The summed E-state index contributed by atoms with van der Waals surface area (Å²) in [6.45, 7) is 6.58. The third-order valence-corrected chi connectivity index (χ3v) is 12.4. The lowest BCUT2D eigenvalue weighted by atomic mass is 9.62. The van der Waals surface area contributed by atoms with E-state index >= 15 is 13.6 Å². The lowest BCUT2D eigenvalue weighted by Gasteiger charge is -2.48. The summed E-state index contributed by atoms with van der Waals surface area (Å²) in [6.07, 6.45) is 2.95. The number of hydrogen-bond acceptors (Lipinski definition) is 9. The molecule has 2 aliphatic rings. The molecule has 2 aliphatic heterocycles. The maximum atomic E-state index is 16.0. The van der Waals surface area contributed by atoms with Crippen molar-refractivity contribution in [1.82, 2.24) is 9.80 Å². The third-order valence-electron chi connectivity index (χ3n) is 12.4. The quantitative estimate of drug-likeness (QED) is 0.0712. The first kappa shape index (κ1) is 42.8. The summed E-state index contributed by atoms with van der Waals surface area (Å²) in [7, 11) is 0. The van der Waals surface area contributed by atoms with Crippen molar-refractivity contribution in [1.29, 1.82) is 0 Å². The van der Waals surface area contributed by atoms with Crippen molar-refractivity contribution in [2.45, 2.75) is 51.4 Å². The first-order valence-corrected chi connectivity index (χ1v) is 20.5. The van der Waals surface area contributed by atoms with Crippen molar-refractivity contribution >= 4 is 17.3 Å². The molecule has 6 atom stereocenters. The van der Waals surface area contributed by atoms with Crippen molar-refractivity contribution in [3.05, 3.63) is 130 Å². The van der Waals surface area contributed by atoms with Crippen LogP contribution in [0.1, 0.15) is 80.5 Å². The second kappa shape index (κ2) is 19.3. The SMILES string of the molecule is Cc1c(F)cccc1C1C(C(=O)c2cccc(O)c2)CN(CCCCN)CC1C(=O)C1CN(CCCCN)CC(C(=O)c2cccc(O)c2)C1c1cccc(F)c1C. The number of unbranched alkanes of at least 4 members (excludes halogenated alkanes) is 2. The number of benzene rings is 4. The van der Waals surface area contributed by atoms with Gasteiger partial charge in [0.25, 0.3) is 0 Å². The number of Topliss-reactive ketones (excluding diaryl/α,β-unsaturated/α-hetero) is 3. The van der Waals surface area contributed by atoms with E-state index in [2.05, 4.69) is 9.80 Å². The summed E-state index contributed by atoms with van der Waals surface area (Å²) in [4.78, 5) is 49.7. The predicted molar refractivity (Wildman–Crippen MR) is 221 cm³/mol. The summed E-state index contributed by atoms with van der Waals surface area (Å²) in [5.41, 5.74) is 14.1. The Morgan fingerprint density at radius 2 is 0.966 bits per heavy atom. The summed E-state index contributed by atoms with van der Waals surface area (Å²) < 4.78 is 31.1. The van der Waals surface area contributed by atoms with Crippen LogP contribution < -0.4 is 11.5 Å². The summed E-state index contributed by atoms with van der Waals surface area (Å²) in [5, 5.41) is 20.8. The normalized spacial score (nSPS) is 22.8. The maximum absolute atomic E-state index is 16.0. The fraction of sp³-hybridized carbons (Fsp3) is 0.426. The Morgan fingerprint density at radius 3 is 1.34 bits per heavy atom. The molecule has 2 saturated heterocycles. The molecule has 2 fully saturated rings. The van der Waals surface area contributed by atoms with Crippen LogP contribution in [0.3, 0.4) is 0 Å². The van der Waals surface area contributed by atoms with Gasteiger partial charge in [0.15, 0.2) is 11.6 Å². The van der Waals surface area contributed by atoms with Crippen LogP contribution in [-0.4, -0.2) is 89.7 Å². The number of halogens is 2. The second-order valence-corrected chi connectivity index (χ2v) is 16.1. The summed E-state index contributed by atoms with van der Waals surface area (Å²) in [5.74, 6) is -6.55. The molecule has 6 unspecified atom stereocenters. The molecule has 0 amide bonds. The highest BCUT2D eigenvalue weighted by Gasteiger charge is 2.51. The van der Waals surface area contributed by atoms with Crippen LogP contribution in [0.5, 0.6) is 11.5 Å². The molecular formula is C47H56F2N4O5. The summed E-state index contributed by atoms with van der Waals surface area (Å²) in [6, 6.07) is 21.8. The Balaban J connectivity index is 1.54. The zero-order valence-corrected chi connectivity index (χ0v) is 33.5. The first-order valence-electron chi connectivity index (χ1n) is 20.5. The average molecular weight is 795 g/mol. The van der Waals surface area contributed by atoms with E-state index < -0.39 is 47.1 Å². The maximum Gasteiger partial charge on any atom is 0.167 e. The monoisotopic (exact) mass is 794 g/mol. The van der Waals surface area contributed by atoms with Crippen molar-refractivity contribution in [2.75, 3.05) is 52.4 Å². The number of hydrogen-bond donors (Lipinski definition) is 4. The molecule has 58 heavy (non-hydrogen) atoms. The van der Waals surface area contributed by atoms with E-state index in [-0.39, 0.29) is 53.1 Å². The number of carbonyl (C=O) groups excluding carboxylic acids is 3. The van der Waals surface area contributed by atoms with Gasteiger partial charge in [-0.2, -0.15) is 0 Å². The number of rotatable bonds is 16. The van der Waals surface area contributed by atoms with Gasteiger partial charge in [-0.3, -0.25) is 14.4 Å². The van der Waals surface area contributed by atoms with Gasteiger partial charge in [0.05, 0.1) is 0 Å². The molecular weight excluding hydrogens is 739 g/mol. The van der Waals surface area contributed by atoms with Crippen LogP contribution in [0.2, 0.25) is 0 Å². The number of aromatic hydroxyl groups is 2. The van der Waals surface area contributed by atoms with Crippen LogP contribution in [0.4, 0.5) is 8.78 Å². The number of likely N-dealkylation sites (tertiary alicyclic amines) is 2. The number of ketones is 3. The van der Waals surface area contributed by atoms with E-state index in [0.717, 1.165) is 25.7 Å². The van der Waals surface area contributed by atoms with Crippen molar-refractivity contribution < 1.29 is 33.4 Å². The van der Waals surface area contributed by atoms with Crippen LogP contribution in [0, 0.1) is 49.2 Å². The smallest absolute Gasteiger partial charge is 0.167 e. The molecule has 2 heterocycles. The molecule has 6 rings (SSSR count). The topological polar surface area (TPSA) is 150 Å². The van der Waals surface area contributed by atoms with E-state index in [1.807, 2.05) is 0 Å². The molecule has 9 nitrogen and oxygen atoms in total. The molecule has 0 spiro atoms. The Bertz CT molecular complexity index is 1950. The molecule has 0 bridgehead atoms. The fourth-order valence-corrected chi connectivity index (χ4v) is 9.49. The minimum absolute atomic E-state index is 0.0692. The average Bonchev–Trinajstić information content (AvgIpc) is 3.22. The third kappa shape index (κ3) is 9.39. The highest BCUT2D eigenvalue weighted by Crippen LogP contribution is 2.48. The molecule has 0 saturated carbocycles. The van der Waals surface area contributed by atoms with E-state index in [1.165, 1.54) is 36.4 Å². The van der Waals surface area contributed by atoms with Gasteiger partial charge in [0.1, 0.15) is 28.9 Å². The van der Waals surface area contributed by atoms with E-state index in [9.17, 15) is 19.8 Å². The molecule has 4 aromatic rings. The highest BCUT2D eigenvalue weighted by atomic mass is 19.1. The molecule has 0 radical (unpaired) electrons. The predicted octanol–water partition coefficient (Wildman–Crippen LogP) is 6.77. The molecule has 6 N–H and O–H groups in total. The second-order valence-electron chi connectivity index (χ2n) is 16.1. The van der Waals surface area contributed by atoms with E-state index in [1.54, 1.807) is 62.4 Å². The van der Waals surface area contributed by atoms with Gasteiger partial charge in [-0.15, -0.1) is 0 Å². The lowest BCUT2D eigenvalue weighted by Crippen LogP contribution is -2.56. The zero-order valence-electron chi connectivity index (χ0n) is 33.5. The standard InChI is InChI=1S/C47H56F2N4O5/c1-29-35(15-9-17-41(29)48)43-37(45(56)31-11-7-13-33(54)23-31)25-52(21-5-3-19-50)27-39(43)47(58)40-28-53(22-6-4-20-51)26-38(46(57)32-12-8-14-34(55)24-32)44(40)36-16-10-18-42(49)30(36)2/h7-18,23-24,37-40,43-44,54-55H,3-6,19-22,25-28,50-51H2,1-2H3. The van der Waals surface area contributed by atoms with Crippen LogP contribution in [0.15, 0.2) is 84.9 Å². The van der Waals surface area contributed by atoms with Gasteiger partial charge < -0.3 is 31.5 Å². The number of nitrogens with two attached hydrogens (primary N) is 2. The Labute approximate surface area is 340 Å². The van der Waals surface area contributed by atoms with Crippen LogP contribution in [0.25, 0.3) is 0 Å². The van der Waals surface area contributed by atoms with Gasteiger partial charge in [-0.25, -0.2) is 8.78 Å². The fourth-order valence-electron chi connectivity index (χ4n) is 9.49.